The summed E-state index contributed by atoms with van der Waals surface area (Å²) in [6.07, 6.45) is 0.967. The fourth-order valence-corrected chi connectivity index (χ4v) is 5.54. The van der Waals surface area contributed by atoms with Gasteiger partial charge in [-0.05, 0) is 69.2 Å². The van der Waals surface area contributed by atoms with Crippen LogP contribution in [0, 0.1) is 5.82 Å². The van der Waals surface area contributed by atoms with Crippen LogP contribution < -0.4 is 9.04 Å². The number of hydrogen-bond acceptors (Lipinski definition) is 5. The summed E-state index contributed by atoms with van der Waals surface area (Å²) in [5.74, 6) is -0.0937. The van der Waals surface area contributed by atoms with Crippen molar-refractivity contribution in [1.82, 2.24) is 4.90 Å². The van der Waals surface area contributed by atoms with Gasteiger partial charge in [0, 0.05) is 25.6 Å². The van der Waals surface area contributed by atoms with E-state index in [1.807, 2.05) is 0 Å². The first-order valence-corrected chi connectivity index (χ1v) is 12.0. The average molecular weight is 463 g/mol. The number of hydrogen-bond donors (Lipinski definition) is 1. The smallest absolute Gasteiger partial charge is 0.264 e. The molecule has 2 atom stereocenters. The minimum absolute atomic E-state index is 0.00644. The number of nitrogens with zero attached hydrogens (tertiary/aromatic N) is 2. The number of sulfonamides is 1. The van der Waals surface area contributed by atoms with Gasteiger partial charge >= 0.3 is 0 Å². The summed E-state index contributed by atoms with van der Waals surface area (Å²) in [5.41, 5.74) is -0.189. The summed E-state index contributed by atoms with van der Waals surface area (Å²) in [5, 5.41) is 11.1. The van der Waals surface area contributed by atoms with Crippen LogP contribution in [0.5, 0.6) is 5.75 Å². The topological polar surface area (TPSA) is 87.2 Å². The molecule has 2 heterocycles. The number of carbonyl (C=O) groups excluding carboxylic acids is 1. The highest BCUT2D eigenvalue weighted by atomic mass is 32.2. The number of halogens is 1. The second kappa shape index (κ2) is 8.04. The Hall–Kier alpha value is -2.65. The normalized spacial score (nSPS) is 22.8. The molecule has 0 bridgehead atoms. The number of likely N-dealkylation sites (tertiary alicyclic amines) is 1. The Morgan fingerprint density at radius 3 is 2.50 bits per heavy atom. The van der Waals surface area contributed by atoms with Crippen LogP contribution in [0.1, 0.15) is 44.7 Å². The van der Waals surface area contributed by atoms with Gasteiger partial charge in [0.05, 0.1) is 16.6 Å². The van der Waals surface area contributed by atoms with Crippen molar-refractivity contribution in [2.45, 2.75) is 55.8 Å². The minimum Gasteiger partial charge on any atom is -0.485 e. The van der Waals surface area contributed by atoms with Gasteiger partial charge in [-0.1, -0.05) is 0 Å². The number of fused-ring (bicyclic) bond motifs is 1. The Balaban J connectivity index is 1.78. The van der Waals surface area contributed by atoms with Gasteiger partial charge in [0.1, 0.15) is 23.3 Å². The zero-order valence-corrected chi connectivity index (χ0v) is 19.1. The van der Waals surface area contributed by atoms with Gasteiger partial charge in [-0.15, -0.1) is 0 Å². The van der Waals surface area contributed by atoms with Gasteiger partial charge in [-0.25, -0.2) is 12.8 Å². The van der Waals surface area contributed by atoms with Gasteiger partial charge in [0.15, 0.2) is 0 Å². The maximum atomic E-state index is 13.3. The third-order valence-electron chi connectivity index (χ3n) is 6.23. The van der Waals surface area contributed by atoms with E-state index in [1.54, 1.807) is 24.8 Å². The summed E-state index contributed by atoms with van der Waals surface area (Å²) >= 11 is 0. The summed E-state index contributed by atoms with van der Waals surface area (Å²) in [4.78, 5) is 14.3. The first-order valence-electron chi connectivity index (χ1n) is 10.6. The van der Waals surface area contributed by atoms with E-state index >= 15 is 0 Å². The Bertz CT molecular complexity index is 1130. The number of ether oxygens (including phenoxy) is 1. The van der Waals surface area contributed by atoms with Crippen LogP contribution in [-0.4, -0.2) is 49.6 Å². The van der Waals surface area contributed by atoms with Crippen molar-refractivity contribution >= 4 is 21.6 Å². The van der Waals surface area contributed by atoms with Crippen molar-refractivity contribution in [2.75, 3.05) is 17.9 Å². The van der Waals surface area contributed by atoms with Crippen molar-refractivity contribution in [3.63, 3.8) is 0 Å². The van der Waals surface area contributed by atoms with E-state index in [1.165, 1.54) is 43.4 Å². The van der Waals surface area contributed by atoms with Gasteiger partial charge in [-0.2, -0.15) is 0 Å². The minimum atomic E-state index is -3.98. The van der Waals surface area contributed by atoms with E-state index in [9.17, 15) is 22.7 Å². The molecule has 0 spiro atoms. The monoisotopic (exact) mass is 462 g/mol. The fourth-order valence-electron chi connectivity index (χ4n) is 4.31. The molecule has 0 saturated carbocycles. The molecule has 2 aliphatic heterocycles. The van der Waals surface area contributed by atoms with Gasteiger partial charge in [0.25, 0.3) is 10.0 Å². The second-order valence-electron chi connectivity index (χ2n) is 8.79. The molecule has 0 aliphatic carbocycles. The summed E-state index contributed by atoms with van der Waals surface area (Å²) < 4.78 is 46.9. The molecule has 1 fully saturated rings. The van der Waals surface area contributed by atoms with Crippen LogP contribution in [0.3, 0.4) is 0 Å². The molecule has 2 aromatic rings. The molecule has 32 heavy (non-hydrogen) atoms. The molecule has 9 heteroatoms. The molecule has 4 rings (SSSR count). The highest BCUT2D eigenvalue weighted by Crippen LogP contribution is 2.45. The van der Waals surface area contributed by atoms with Crippen LogP contribution in [0.25, 0.3) is 0 Å². The quantitative estimate of drug-likeness (QED) is 0.754. The molecule has 1 amide bonds. The molecule has 7 nitrogen and oxygen atoms in total. The Kier molecular flexibility index (Phi) is 5.67. The third-order valence-corrected chi connectivity index (χ3v) is 8.01. The van der Waals surface area contributed by atoms with E-state index in [0.29, 0.717) is 30.0 Å². The Labute approximate surface area is 187 Å². The highest BCUT2D eigenvalue weighted by molar-refractivity contribution is 7.92. The number of rotatable bonds is 4. The lowest BCUT2D eigenvalue weighted by Gasteiger charge is -2.47. The lowest BCUT2D eigenvalue weighted by molar-refractivity contribution is -0.147. The molecule has 0 radical (unpaired) electrons. The van der Waals surface area contributed by atoms with Crippen molar-refractivity contribution in [2.24, 2.45) is 0 Å². The molecule has 2 aliphatic rings. The van der Waals surface area contributed by atoms with E-state index < -0.39 is 33.6 Å². The molecule has 0 unspecified atom stereocenters. The van der Waals surface area contributed by atoms with Crippen molar-refractivity contribution in [1.29, 1.82) is 0 Å². The molecule has 0 aromatic heterocycles. The summed E-state index contributed by atoms with van der Waals surface area (Å²) in [7, 11) is -2.59. The molecule has 2 aromatic carbocycles. The van der Waals surface area contributed by atoms with E-state index in [0.717, 1.165) is 17.1 Å². The molecular formula is C23H27FN2O5S. The van der Waals surface area contributed by atoms with Crippen LogP contribution in [-0.2, 0) is 14.8 Å². The van der Waals surface area contributed by atoms with Gasteiger partial charge in [0.2, 0.25) is 5.91 Å². The first kappa shape index (κ1) is 22.5. The van der Waals surface area contributed by atoms with Crippen molar-refractivity contribution in [3.8, 4) is 5.75 Å². The first-order chi connectivity index (χ1) is 15.0. The summed E-state index contributed by atoms with van der Waals surface area (Å²) in [6.45, 7) is 3.98. The predicted octanol–water partition coefficient (Wildman–Crippen LogP) is 3.24. The third kappa shape index (κ3) is 3.84. The van der Waals surface area contributed by atoms with E-state index in [4.69, 9.17) is 4.74 Å². The molecule has 1 saturated heterocycles. The standard InChI is InChI=1S/C23H27FN2O5S/c1-23(2)22(28)21(26-13-5-4-6-20(26)27)18-14-17(11-12-19(18)31-23)32(29,30)25(3)16-9-7-15(24)8-10-16/h7-12,14,21-22,28H,4-6,13H2,1-3H3/t21-,22+/m1/s1. The maximum Gasteiger partial charge on any atom is 0.264 e. The number of amides is 1. The van der Waals surface area contributed by atoms with Gasteiger partial charge in [-0.3, -0.25) is 9.10 Å². The lowest BCUT2D eigenvalue weighted by Crippen LogP contribution is -2.55. The predicted molar refractivity (Wildman–Crippen MR) is 117 cm³/mol. The van der Waals surface area contributed by atoms with Gasteiger partial charge < -0.3 is 14.7 Å². The van der Waals surface area contributed by atoms with Crippen LogP contribution >= 0.6 is 0 Å². The zero-order chi connectivity index (χ0) is 23.3. The summed E-state index contributed by atoms with van der Waals surface area (Å²) in [6, 6.07) is 8.92. The Morgan fingerprint density at radius 1 is 1.16 bits per heavy atom. The number of benzene rings is 2. The number of aliphatic hydroxyl groups is 1. The number of piperidine rings is 1. The van der Waals surface area contributed by atoms with Crippen LogP contribution in [0.2, 0.25) is 0 Å². The SMILES string of the molecule is CN(c1ccc(F)cc1)S(=O)(=O)c1ccc2c(c1)[C@@H](N1CCCCC1=O)[C@H](O)C(C)(C)O2. The van der Waals surface area contributed by atoms with Crippen LogP contribution in [0.4, 0.5) is 10.1 Å². The van der Waals surface area contributed by atoms with Crippen molar-refractivity contribution in [3.05, 3.63) is 53.8 Å². The zero-order valence-electron chi connectivity index (χ0n) is 18.3. The average Bonchev–Trinajstić information content (AvgIpc) is 2.75. The molecule has 172 valence electrons. The number of aliphatic hydroxyl groups excluding tert-OH is 1. The van der Waals surface area contributed by atoms with E-state index in [-0.39, 0.29) is 10.8 Å². The van der Waals surface area contributed by atoms with Crippen LogP contribution in [0.15, 0.2) is 47.4 Å². The largest absolute Gasteiger partial charge is 0.485 e. The number of anilines is 1. The maximum absolute atomic E-state index is 13.3. The lowest BCUT2D eigenvalue weighted by atomic mass is 9.84. The Morgan fingerprint density at radius 2 is 1.84 bits per heavy atom. The molecule has 1 N–H and O–H groups in total. The highest BCUT2D eigenvalue weighted by Gasteiger charge is 2.47. The van der Waals surface area contributed by atoms with E-state index in [2.05, 4.69) is 0 Å². The number of carbonyl (C=O) groups is 1. The fraction of sp³-hybridized carbons (Fsp3) is 0.435. The van der Waals surface area contributed by atoms with Crippen molar-refractivity contribution < 1.29 is 27.4 Å². The molecular weight excluding hydrogens is 435 g/mol. The second-order valence-corrected chi connectivity index (χ2v) is 10.8.